The van der Waals surface area contributed by atoms with E-state index in [0.29, 0.717) is 11.6 Å². The smallest absolute Gasteiger partial charge is 0.231 e. The van der Waals surface area contributed by atoms with Gasteiger partial charge in [0.25, 0.3) is 0 Å². The Morgan fingerprint density at radius 1 is 1.57 bits per heavy atom. The van der Waals surface area contributed by atoms with Gasteiger partial charge in [-0.15, -0.1) is 0 Å². The maximum Gasteiger partial charge on any atom is 0.231 e. The van der Waals surface area contributed by atoms with Crippen LogP contribution >= 0.6 is 11.6 Å². The minimum Gasteiger partial charge on any atom is -0.369 e. The van der Waals surface area contributed by atoms with E-state index < -0.39 is 5.91 Å². The minimum absolute atomic E-state index is 0.0771. The van der Waals surface area contributed by atoms with Crippen molar-refractivity contribution in [3.05, 3.63) is 34.6 Å². The first-order valence-corrected chi connectivity index (χ1v) is 4.40. The molecule has 1 amide bonds. The molecule has 14 heavy (non-hydrogen) atoms. The Labute approximate surface area is 86.0 Å². The summed E-state index contributed by atoms with van der Waals surface area (Å²) in [6.45, 7) is 0.468. The first kappa shape index (κ1) is 10.9. The number of benzene rings is 1. The lowest BCUT2D eigenvalue weighted by molar-refractivity contribution is -0.117. The Bertz CT molecular complexity index is 344. The molecule has 3 nitrogen and oxygen atoms in total. The van der Waals surface area contributed by atoms with Crippen LogP contribution < -0.4 is 11.1 Å². The van der Waals surface area contributed by atoms with E-state index >= 15 is 0 Å². The van der Waals surface area contributed by atoms with Crippen molar-refractivity contribution >= 4 is 17.5 Å². The van der Waals surface area contributed by atoms with Crippen molar-refractivity contribution in [2.45, 2.75) is 6.54 Å². The summed E-state index contributed by atoms with van der Waals surface area (Å²) in [5, 5.41) is 3.12. The van der Waals surface area contributed by atoms with E-state index in [0.717, 1.165) is 5.56 Å². The lowest BCUT2D eigenvalue weighted by atomic mass is 10.2. The van der Waals surface area contributed by atoms with Gasteiger partial charge in [0.15, 0.2) is 0 Å². The van der Waals surface area contributed by atoms with Crippen LogP contribution in [0, 0.1) is 5.82 Å². The van der Waals surface area contributed by atoms with Gasteiger partial charge in [-0.05, 0) is 17.7 Å². The van der Waals surface area contributed by atoms with Crippen molar-refractivity contribution in [3.8, 4) is 0 Å². The van der Waals surface area contributed by atoms with Crippen LogP contribution in [0.3, 0.4) is 0 Å². The summed E-state index contributed by atoms with van der Waals surface area (Å²) in [4.78, 5) is 10.4. The average Bonchev–Trinajstić information content (AvgIpc) is 2.08. The van der Waals surface area contributed by atoms with Crippen molar-refractivity contribution in [3.63, 3.8) is 0 Å². The number of hydrogen-bond donors (Lipinski definition) is 2. The molecule has 1 rings (SSSR count). The molecule has 0 heterocycles. The first-order valence-electron chi connectivity index (χ1n) is 4.02. The van der Waals surface area contributed by atoms with Crippen LogP contribution in [0.25, 0.3) is 0 Å². The Hall–Kier alpha value is -1.13. The first-order chi connectivity index (χ1) is 6.59. The van der Waals surface area contributed by atoms with Gasteiger partial charge in [0.05, 0.1) is 6.54 Å². The van der Waals surface area contributed by atoms with Crippen molar-refractivity contribution in [1.29, 1.82) is 0 Å². The van der Waals surface area contributed by atoms with Crippen molar-refractivity contribution in [1.82, 2.24) is 5.32 Å². The number of rotatable bonds is 4. The van der Waals surface area contributed by atoms with E-state index in [1.807, 2.05) is 0 Å². The molecular formula is C9H10ClFN2O. The molecule has 0 saturated heterocycles. The van der Waals surface area contributed by atoms with E-state index in [2.05, 4.69) is 5.32 Å². The van der Waals surface area contributed by atoms with E-state index in [1.54, 1.807) is 6.07 Å². The van der Waals surface area contributed by atoms with Crippen LogP contribution in [0.2, 0.25) is 5.02 Å². The fourth-order valence-electron chi connectivity index (χ4n) is 0.985. The van der Waals surface area contributed by atoms with Crippen LogP contribution in [0.15, 0.2) is 18.2 Å². The number of primary amides is 1. The fraction of sp³-hybridized carbons (Fsp3) is 0.222. The largest absolute Gasteiger partial charge is 0.369 e. The summed E-state index contributed by atoms with van der Waals surface area (Å²) in [5.41, 5.74) is 5.66. The van der Waals surface area contributed by atoms with Gasteiger partial charge in [-0.1, -0.05) is 17.7 Å². The second-order valence-corrected chi connectivity index (χ2v) is 3.21. The molecule has 0 unspecified atom stereocenters. The molecule has 0 aromatic heterocycles. The van der Waals surface area contributed by atoms with E-state index in [-0.39, 0.29) is 12.4 Å². The highest BCUT2D eigenvalue weighted by molar-refractivity contribution is 6.31. The fourth-order valence-corrected chi connectivity index (χ4v) is 1.22. The molecule has 0 aliphatic rings. The number of nitrogens with one attached hydrogen (secondary N) is 1. The Morgan fingerprint density at radius 2 is 2.29 bits per heavy atom. The molecule has 0 saturated carbocycles. The molecule has 3 N–H and O–H groups in total. The molecule has 0 radical (unpaired) electrons. The van der Waals surface area contributed by atoms with Gasteiger partial charge in [0.1, 0.15) is 5.82 Å². The van der Waals surface area contributed by atoms with E-state index in [9.17, 15) is 9.18 Å². The van der Waals surface area contributed by atoms with Crippen LogP contribution in [-0.4, -0.2) is 12.5 Å². The molecule has 1 aromatic rings. The van der Waals surface area contributed by atoms with Gasteiger partial charge >= 0.3 is 0 Å². The predicted octanol–water partition coefficient (Wildman–Crippen LogP) is 1.05. The Kier molecular flexibility index (Phi) is 3.85. The van der Waals surface area contributed by atoms with Gasteiger partial charge in [-0.3, -0.25) is 4.79 Å². The normalized spacial score (nSPS) is 10.1. The van der Waals surface area contributed by atoms with Crippen LogP contribution in [0.5, 0.6) is 0 Å². The third-order valence-corrected chi connectivity index (χ3v) is 1.98. The van der Waals surface area contributed by atoms with Gasteiger partial charge < -0.3 is 11.1 Å². The molecule has 0 bridgehead atoms. The van der Waals surface area contributed by atoms with Crippen molar-refractivity contribution < 1.29 is 9.18 Å². The van der Waals surface area contributed by atoms with E-state index in [4.69, 9.17) is 17.3 Å². The quantitative estimate of drug-likeness (QED) is 0.791. The molecule has 5 heteroatoms. The van der Waals surface area contributed by atoms with Crippen LogP contribution in [0.1, 0.15) is 5.56 Å². The average molecular weight is 217 g/mol. The summed E-state index contributed by atoms with van der Waals surface area (Å²) in [6.07, 6.45) is 0. The van der Waals surface area contributed by atoms with Gasteiger partial charge in [-0.2, -0.15) is 0 Å². The zero-order valence-electron chi connectivity index (χ0n) is 7.39. The van der Waals surface area contributed by atoms with Crippen LogP contribution in [-0.2, 0) is 11.3 Å². The molecule has 0 aliphatic carbocycles. The maximum atomic E-state index is 12.6. The van der Waals surface area contributed by atoms with E-state index in [1.165, 1.54) is 12.1 Å². The molecular weight excluding hydrogens is 207 g/mol. The van der Waals surface area contributed by atoms with Gasteiger partial charge in [0, 0.05) is 11.6 Å². The van der Waals surface area contributed by atoms with Gasteiger partial charge in [0.2, 0.25) is 5.91 Å². The molecule has 0 aliphatic heterocycles. The number of hydrogen-bond acceptors (Lipinski definition) is 2. The third kappa shape index (κ3) is 3.32. The number of amides is 1. The number of carbonyl (C=O) groups excluding carboxylic acids is 1. The third-order valence-electron chi connectivity index (χ3n) is 1.63. The second-order valence-electron chi connectivity index (χ2n) is 2.81. The van der Waals surface area contributed by atoms with Gasteiger partial charge in [-0.25, -0.2) is 4.39 Å². The highest BCUT2D eigenvalue weighted by Crippen LogP contribution is 2.16. The molecule has 0 fully saturated rings. The Morgan fingerprint density at radius 3 is 2.86 bits per heavy atom. The molecule has 0 atom stereocenters. The van der Waals surface area contributed by atoms with Crippen LogP contribution in [0.4, 0.5) is 4.39 Å². The summed E-state index contributed by atoms with van der Waals surface area (Å²) >= 11 is 5.75. The molecule has 1 aromatic carbocycles. The summed E-state index contributed by atoms with van der Waals surface area (Å²) < 4.78 is 12.6. The monoisotopic (exact) mass is 216 g/mol. The summed E-state index contributed by atoms with van der Waals surface area (Å²) in [7, 11) is 0. The van der Waals surface area contributed by atoms with Crippen molar-refractivity contribution in [2.75, 3.05) is 6.54 Å². The zero-order chi connectivity index (χ0) is 10.6. The minimum atomic E-state index is -0.441. The number of halogens is 2. The lowest BCUT2D eigenvalue weighted by Gasteiger charge is -2.04. The standard InChI is InChI=1S/C9H10ClFN2O/c10-8-3-7(11)2-1-6(8)4-13-5-9(12)14/h1-3,13H,4-5H2,(H2,12,14). The molecule has 76 valence electrons. The maximum absolute atomic E-state index is 12.6. The molecule has 0 spiro atoms. The highest BCUT2D eigenvalue weighted by Gasteiger charge is 2.01. The number of carbonyl (C=O) groups is 1. The summed E-state index contributed by atoms with van der Waals surface area (Å²) in [6, 6.07) is 4.10. The lowest BCUT2D eigenvalue weighted by Crippen LogP contribution is -2.28. The zero-order valence-corrected chi connectivity index (χ0v) is 8.14. The summed E-state index contributed by atoms with van der Waals surface area (Å²) in [5.74, 6) is -0.822. The topological polar surface area (TPSA) is 55.1 Å². The SMILES string of the molecule is NC(=O)CNCc1ccc(F)cc1Cl. The van der Waals surface area contributed by atoms with Crippen molar-refractivity contribution in [2.24, 2.45) is 5.73 Å². The highest BCUT2D eigenvalue weighted by atomic mass is 35.5. The second kappa shape index (κ2) is 4.93. The number of nitrogens with two attached hydrogens (primary N) is 1. The predicted molar refractivity (Wildman–Crippen MR) is 52.3 cm³/mol. The Balaban J connectivity index is 2.55.